The van der Waals surface area contributed by atoms with Crippen molar-refractivity contribution in [1.82, 2.24) is 15.5 Å². The largest absolute Gasteiger partial charge is 0.504 e. The molecule has 1 heterocycles. The van der Waals surface area contributed by atoms with E-state index in [1.165, 1.54) is 13.2 Å². The summed E-state index contributed by atoms with van der Waals surface area (Å²) in [5.41, 5.74) is 6.18. The molecule has 1 atom stereocenters. The van der Waals surface area contributed by atoms with Gasteiger partial charge in [-0.2, -0.15) is 4.98 Å². The second kappa shape index (κ2) is 10.6. The van der Waals surface area contributed by atoms with Gasteiger partial charge in [0.2, 0.25) is 17.6 Å². The minimum absolute atomic E-state index is 0. The molecule has 1 amide bonds. The second-order valence-electron chi connectivity index (χ2n) is 5.79. The number of benzene rings is 1. The van der Waals surface area contributed by atoms with Gasteiger partial charge < -0.3 is 25.4 Å². The maximum atomic E-state index is 11.3. The molecular formula is C17H25ClN4O4. The Morgan fingerprint density at radius 3 is 2.85 bits per heavy atom. The number of hydrogen-bond acceptors (Lipinski definition) is 7. The van der Waals surface area contributed by atoms with Crippen LogP contribution in [0.3, 0.4) is 0 Å². The highest BCUT2D eigenvalue weighted by Gasteiger charge is 2.11. The summed E-state index contributed by atoms with van der Waals surface area (Å²) in [7, 11) is 1.48. The zero-order chi connectivity index (χ0) is 18.2. The average Bonchev–Trinajstić information content (AvgIpc) is 3.07. The number of aryl methyl sites for hydroxylation is 1. The first kappa shape index (κ1) is 21.7. The summed E-state index contributed by atoms with van der Waals surface area (Å²) in [6.07, 6.45) is 3.36. The van der Waals surface area contributed by atoms with E-state index < -0.39 is 6.04 Å². The predicted molar refractivity (Wildman–Crippen MR) is 99.4 cm³/mol. The number of rotatable bonds is 9. The number of methoxy groups -OCH3 is 1. The lowest BCUT2D eigenvalue weighted by molar-refractivity contribution is -0.121. The summed E-state index contributed by atoms with van der Waals surface area (Å²) in [6.45, 7) is 2.27. The smallest absolute Gasteiger partial charge is 0.236 e. The molecule has 0 saturated heterocycles. The maximum Gasteiger partial charge on any atom is 0.236 e. The predicted octanol–water partition coefficient (Wildman–Crippen LogP) is 2.05. The molecule has 1 aromatic carbocycles. The third kappa shape index (κ3) is 6.20. The number of aromatic hydroxyl groups is 1. The number of phenolic OH excluding ortho intramolecular Hbond substituents is 1. The molecule has 4 N–H and O–H groups in total. The Balaban J connectivity index is 0.00000338. The SMILES string of the molecule is COc1cc(-c2noc(CCCCCNC(=O)C(C)N)n2)ccc1O.Cl. The van der Waals surface area contributed by atoms with Crippen molar-refractivity contribution in [2.24, 2.45) is 5.73 Å². The highest BCUT2D eigenvalue weighted by Crippen LogP contribution is 2.30. The molecule has 2 rings (SSSR count). The fraction of sp³-hybridized carbons (Fsp3) is 0.471. The molecule has 1 unspecified atom stereocenters. The number of nitrogens with two attached hydrogens (primary N) is 1. The molecule has 0 aliphatic rings. The molecule has 26 heavy (non-hydrogen) atoms. The Hall–Kier alpha value is -2.32. The Morgan fingerprint density at radius 1 is 1.38 bits per heavy atom. The molecule has 0 bridgehead atoms. The van der Waals surface area contributed by atoms with Crippen molar-refractivity contribution in [3.8, 4) is 22.9 Å². The van der Waals surface area contributed by atoms with Crippen molar-refractivity contribution in [2.75, 3.05) is 13.7 Å². The van der Waals surface area contributed by atoms with Crippen LogP contribution < -0.4 is 15.8 Å². The van der Waals surface area contributed by atoms with Crippen molar-refractivity contribution in [3.63, 3.8) is 0 Å². The number of halogens is 1. The van der Waals surface area contributed by atoms with Gasteiger partial charge in [0.05, 0.1) is 13.2 Å². The molecule has 0 fully saturated rings. The zero-order valence-corrected chi connectivity index (χ0v) is 15.7. The van der Waals surface area contributed by atoms with E-state index in [1.807, 2.05) is 0 Å². The van der Waals surface area contributed by atoms with Crippen molar-refractivity contribution in [3.05, 3.63) is 24.1 Å². The number of carbonyl (C=O) groups excluding carboxylic acids is 1. The number of unbranched alkanes of at least 4 members (excludes halogenated alkanes) is 2. The summed E-state index contributed by atoms with van der Waals surface area (Å²) >= 11 is 0. The lowest BCUT2D eigenvalue weighted by Gasteiger charge is -2.06. The Bertz CT molecular complexity index is 706. The van der Waals surface area contributed by atoms with E-state index in [9.17, 15) is 9.90 Å². The summed E-state index contributed by atoms with van der Waals surface area (Å²) in [5, 5.41) is 16.3. The monoisotopic (exact) mass is 384 g/mol. The van der Waals surface area contributed by atoms with Crippen LogP contribution >= 0.6 is 12.4 Å². The van der Waals surface area contributed by atoms with Gasteiger partial charge in [-0.25, -0.2) is 0 Å². The maximum absolute atomic E-state index is 11.3. The van der Waals surface area contributed by atoms with Gasteiger partial charge >= 0.3 is 0 Å². The number of phenols is 1. The van der Waals surface area contributed by atoms with E-state index in [0.717, 1.165) is 19.3 Å². The normalized spacial score (nSPS) is 11.5. The van der Waals surface area contributed by atoms with Crippen LogP contribution in [0.1, 0.15) is 32.1 Å². The Morgan fingerprint density at radius 2 is 2.15 bits per heavy atom. The molecule has 0 aliphatic carbocycles. The van der Waals surface area contributed by atoms with Gasteiger partial charge in [0.15, 0.2) is 11.5 Å². The first-order valence-corrected chi connectivity index (χ1v) is 8.24. The molecule has 8 nitrogen and oxygen atoms in total. The Kier molecular flexibility index (Phi) is 8.87. The molecule has 9 heteroatoms. The number of amides is 1. The van der Waals surface area contributed by atoms with E-state index in [4.69, 9.17) is 15.0 Å². The minimum Gasteiger partial charge on any atom is -0.504 e. The van der Waals surface area contributed by atoms with Crippen molar-refractivity contribution in [1.29, 1.82) is 0 Å². The van der Waals surface area contributed by atoms with Crippen LogP contribution in [0.2, 0.25) is 0 Å². The summed E-state index contributed by atoms with van der Waals surface area (Å²) in [4.78, 5) is 15.7. The highest BCUT2D eigenvalue weighted by molar-refractivity contribution is 5.85. The van der Waals surface area contributed by atoms with Gasteiger partial charge in [-0.15, -0.1) is 12.4 Å². The molecule has 2 aromatic rings. The topological polar surface area (TPSA) is 124 Å². The highest BCUT2D eigenvalue weighted by atomic mass is 35.5. The van der Waals surface area contributed by atoms with Crippen LogP contribution in [0.5, 0.6) is 11.5 Å². The molecule has 0 spiro atoms. The van der Waals surface area contributed by atoms with Crippen LogP contribution in [-0.2, 0) is 11.2 Å². The lowest BCUT2D eigenvalue weighted by atomic mass is 10.2. The van der Waals surface area contributed by atoms with E-state index in [2.05, 4.69) is 15.5 Å². The summed E-state index contributed by atoms with van der Waals surface area (Å²) in [5.74, 6) is 1.30. The van der Waals surface area contributed by atoms with Gasteiger partial charge in [-0.3, -0.25) is 4.79 Å². The third-order valence-corrected chi connectivity index (χ3v) is 3.69. The van der Waals surface area contributed by atoms with Gasteiger partial charge in [0.1, 0.15) is 0 Å². The van der Waals surface area contributed by atoms with Crippen molar-refractivity contribution >= 4 is 18.3 Å². The van der Waals surface area contributed by atoms with Gasteiger partial charge in [0.25, 0.3) is 0 Å². The average molecular weight is 385 g/mol. The summed E-state index contributed by atoms with van der Waals surface area (Å²) < 4.78 is 10.3. The van der Waals surface area contributed by atoms with Gasteiger partial charge in [-0.05, 0) is 38.0 Å². The van der Waals surface area contributed by atoms with Crippen LogP contribution in [0, 0.1) is 0 Å². The molecule has 0 aliphatic heterocycles. The lowest BCUT2D eigenvalue weighted by Crippen LogP contribution is -2.38. The number of ether oxygens (including phenoxy) is 1. The van der Waals surface area contributed by atoms with Crippen LogP contribution in [0.4, 0.5) is 0 Å². The fourth-order valence-corrected chi connectivity index (χ4v) is 2.24. The van der Waals surface area contributed by atoms with Crippen molar-refractivity contribution in [2.45, 2.75) is 38.6 Å². The molecule has 144 valence electrons. The quantitative estimate of drug-likeness (QED) is 0.565. The summed E-state index contributed by atoms with van der Waals surface area (Å²) in [6, 6.07) is 4.41. The third-order valence-electron chi connectivity index (χ3n) is 3.69. The number of hydrogen-bond donors (Lipinski definition) is 3. The fourth-order valence-electron chi connectivity index (χ4n) is 2.24. The van der Waals surface area contributed by atoms with Crippen LogP contribution in [-0.4, -0.2) is 40.9 Å². The number of nitrogens with zero attached hydrogens (tertiary/aromatic N) is 2. The van der Waals surface area contributed by atoms with Gasteiger partial charge in [0, 0.05) is 18.5 Å². The first-order valence-electron chi connectivity index (χ1n) is 8.24. The molecule has 0 radical (unpaired) electrons. The second-order valence-corrected chi connectivity index (χ2v) is 5.79. The Labute approximate surface area is 158 Å². The zero-order valence-electron chi connectivity index (χ0n) is 14.9. The minimum atomic E-state index is -0.477. The van der Waals surface area contributed by atoms with E-state index >= 15 is 0 Å². The van der Waals surface area contributed by atoms with Crippen LogP contribution in [0.25, 0.3) is 11.4 Å². The van der Waals surface area contributed by atoms with E-state index in [0.29, 0.717) is 36.0 Å². The van der Waals surface area contributed by atoms with Crippen LogP contribution in [0.15, 0.2) is 22.7 Å². The number of nitrogens with one attached hydrogen (secondary N) is 1. The first-order chi connectivity index (χ1) is 12.0. The standard InChI is InChI=1S/C17H24N4O4.ClH/c1-11(18)17(23)19-9-5-3-4-6-15-20-16(21-25-15)12-7-8-13(22)14(10-12)24-2;/h7-8,10-11,22H,3-6,9,18H2,1-2H3,(H,19,23);1H. The molecular weight excluding hydrogens is 360 g/mol. The van der Waals surface area contributed by atoms with E-state index in [1.54, 1.807) is 19.1 Å². The van der Waals surface area contributed by atoms with E-state index in [-0.39, 0.29) is 24.1 Å². The number of carbonyl (C=O) groups is 1. The number of aromatic nitrogens is 2. The van der Waals surface area contributed by atoms with Crippen molar-refractivity contribution < 1.29 is 19.2 Å². The van der Waals surface area contributed by atoms with Gasteiger partial charge in [-0.1, -0.05) is 11.6 Å². The molecule has 1 aromatic heterocycles. The molecule has 0 saturated carbocycles.